The predicted molar refractivity (Wildman–Crippen MR) is 154 cm³/mol. The van der Waals surface area contributed by atoms with E-state index in [4.69, 9.17) is 14.2 Å². The number of nitrogens with zero attached hydrogens (tertiary/aromatic N) is 1. The lowest BCUT2D eigenvalue weighted by molar-refractivity contribution is -0.129. The summed E-state index contributed by atoms with van der Waals surface area (Å²) >= 11 is 3.39. The maximum Gasteiger partial charge on any atom is 0.336 e. The monoisotopic (exact) mass is 584 g/mol. The summed E-state index contributed by atoms with van der Waals surface area (Å²) in [6.45, 7) is 0.233. The topological polar surface area (TPSA) is 86.2 Å². The molecule has 0 bridgehead atoms. The van der Waals surface area contributed by atoms with Gasteiger partial charge in [-0.25, -0.2) is 10.2 Å². The van der Waals surface area contributed by atoms with Crippen LogP contribution in [0.5, 0.6) is 17.2 Å². The fraction of sp³-hybridized carbons (Fsp3) is 0.0645. The number of ether oxygens (including phenoxy) is 3. The Kier molecular flexibility index (Phi) is 10.0. The molecule has 0 fully saturated rings. The van der Waals surface area contributed by atoms with E-state index in [-0.39, 0.29) is 6.61 Å². The standard InChI is InChI=1S/C31H25BrN2O5/c32-26-12-17-29(39-31(36)18-11-23-7-3-1-4-8-23)25(19-26)20-33-34-30(35)22-38-28-15-13-27(14-16-28)37-21-24-9-5-2-6-10-24/h1-20H,21-22H2,(H,34,35)/b18-11+,33-20-. The van der Waals surface area contributed by atoms with E-state index in [2.05, 4.69) is 26.5 Å². The maximum atomic E-state index is 12.3. The van der Waals surface area contributed by atoms with Crippen molar-refractivity contribution < 1.29 is 23.8 Å². The molecule has 4 aromatic carbocycles. The molecule has 7 nitrogen and oxygen atoms in total. The summed E-state index contributed by atoms with van der Waals surface area (Å²) in [5.41, 5.74) is 4.86. The average molecular weight is 585 g/mol. The number of nitrogens with one attached hydrogen (secondary N) is 1. The smallest absolute Gasteiger partial charge is 0.336 e. The van der Waals surface area contributed by atoms with E-state index in [1.54, 1.807) is 48.5 Å². The number of halogens is 1. The molecule has 4 rings (SSSR count). The highest BCUT2D eigenvalue weighted by Crippen LogP contribution is 2.22. The van der Waals surface area contributed by atoms with E-state index in [1.165, 1.54) is 12.3 Å². The van der Waals surface area contributed by atoms with Crippen LogP contribution in [0.1, 0.15) is 16.7 Å². The highest BCUT2D eigenvalue weighted by Gasteiger charge is 2.08. The third-order valence-electron chi connectivity index (χ3n) is 5.23. The van der Waals surface area contributed by atoms with Crippen molar-refractivity contribution in [1.29, 1.82) is 0 Å². The first-order valence-electron chi connectivity index (χ1n) is 12.0. The molecule has 0 aliphatic carbocycles. The summed E-state index contributed by atoms with van der Waals surface area (Å²) in [4.78, 5) is 24.5. The first-order chi connectivity index (χ1) is 19.0. The molecule has 0 heterocycles. The van der Waals surface area contributed by atoms with Crippen LogP contribution in [0.15, 0.2) is 119 Å². The molecule has 0 radical (unpaired) electrons. The van der Waals surface area contributed by atoms with E-state index in [9.17, 15) is 9.59 Å². The highest BCUT2D eigenvalue weighted by atomic mass is 79.9. The van der Waals surface area contributed by atoms with Gasteiger partial charge in [0.15, 0.2) is 6.61 Å². The molecule has 0 aromatic heterocycles. The quantitative estimate of drug-likeness (QED) is 0.0748. The Morgan fingerprint density at radius 1 is 0.821 bits per heavy atom. The average Bonchev–Trinajstić information content (AvgIpc) is 2.97. The summed E-state index contributed by atoms with van der Waals surface area (Å²) in [5.74, 6) is 0.525. The van der Waals surface area contributed by atoms with E-state index in [0.29, 0.717) is 29.4 Å². The minimum atomic E-state index is -0.537. The Morgan fingerprint density at radius 2 is 1.49 bits per heavy atom. The number of hydrazone groups is 1. The van der Waals surface area contributed by atoms with Crippen LogP contribution >= 0.6 is 15.9 Å². The third-order valence-corrected chi connectivity index (χ3v) is 5.72. The minimum absolute atomic E-state index is 0.230. The van der Waals surface area contributed by atoms with Crippen molar-refractivity contribution in [3.05, 3.63) is 130 Å². The number of hydrogen-bond acceptors (Lipinski definition) is 6. The van der Waals surface area contributed by atoms with Gasteiger partial charge in [0, 0.05) is 16.1 Å². The molecule has 0 unspecified atom stereocenters. The zero-order chi connectivity index (χ0) is 27.3. The number of carbonyl (C=O) groups excluding carboxylic acids is 2. The molecular formula is C31H25BrN2O5. The molecule has 0 spiro atoms. The van der Waals surface area contributed by atoms with Crippen molar-refractivity contribution in [2.75, 3.05) is 6.61 Å². The molecule has 1 N–H and O–H groups in total. The van der Waals surface area contributed by atoms with Gasteiger partial charge in [-0.15, -0.1) is 0 Å². The lowest BCUT2D eigenvalue weighted by atomic mass is 10.2. The van der Waals surface area contributed by atoms with Gasteiger partial charge in [-0.2, -0.15) is 5.10 Å². The molecule has 8 heteroatoms. The molecule has 0 saturated carbocycles. The summed E-state index contributed by atoms with van der Waals surface area (Å²) < 4.78 is 17.5. The van der Waals surface area contributed by atoms with Crippen LogP contribution in [0.2, 0.25) is 0 Å². The van der Waals surface area contributed by atoms with Gasteiger partial charge in [0.2, 0.25) is 0 Å². The number of carbonyl (C=O) groups is 2. The van der Waals surface area contributed by atoms with Crippen LogP contribution < -0.4 is 19.6 Å². The van der Waals surface area contributed by atoms with Crippen LogP contribution in [0, 0.1) is 0 Å². The first kappa shape index (κ1) is 27.3. The molecule has 0 atom stereocenters. The first-order valence-corrected chi connectivity index (χ1v) is 12.8. The van der Waals surface area contributed by atoms with Gasteiger partial charge in [0.1, 0.15) is 23.9 Å². The molecule has 4 aromatic rings. The lowest BCUT2D eigenvalue weighted by Crippen LogP contribution is -2.24. The number of hydrogen-bond donors (Lipinski definition) is 1. The summed E-state index contributed by atoms with van der Waals surface area (Å²) in [5, 5.41) is 3.97. The van der Waals surface area contributed by atoms with Crippen LogP contribution in [-0.4, -0.2) is 24.7 Å². The number of benzene rings is 4. The second-order valence-electron chi connectivity index (χ2n) is 8.17. The Morgan fingerprint density at radius 3 is 2.21 bits per heavy atom. The predicted octanol–water partition coefficient (Wildman–Crippen LogP) is 6.18. The van der Waals surface area contributed by atoms with Crippen molar-refractivity contribution in [3.63, 3.8) is 0 Å². The molecule has 39 heavy (non-hydrogen) atoms. The Hall–Kier alpha value is -4.69. The molecule has 0 aliphatic rings. The zero-order valence-electron chi connectivity index (χ0n) is 20.8. The van der Waals surface area contributed by atoms with Crippen molar-refractivity contribution in [1.82, 2.24) is 5.43 Å². The van der Waals surface area contributed by atoms with Crippen LogP contribution in [-0.2, 0) is 16.2 Å². The van der Waals surface area contributed by atoms with Crippen molar-refractivity contribution in [2.45, 2.75) is 6.61 Å². The lowest BCUT2D eigenvalue weighted by Gasteiger charge is -2.08. The van der Waals surface area contributed by atoms with Crippen molar-refractivity contribution >= 4 is 40.1 Å². The largest absolute Gasteiger partial charge is 0.489 e. The number of amides is 1. The van der Waals surface area contributed by atoms with E-state index >= 15 is 0 Å². The highest BCUT2D eigenvalue weighted by molar-refractivity contribution is 9.10. The van der Waals surface area contributed by atoms with Gasteiger partial charge >= 0.3 is 5.97 Å². The van der Waals surface area contributed by atoms with Crippen LogP contribution in [0.3, 0.4) is 0 Å². The fourth-order valence-electron chi connectivity index (χ4n) is 3.31. The second kappa shape index (κ2) is 14.3. The molecule has 196 valence electrons. The molecule has 0 saturated heterocycles. The van der Waals surface area contributed by atoms with Gasteiger partial charge in [-0.1, -0.05) is 76.6 Å². The van der Waals surface area contributed by atoms with Gasteiger partial charge in [0.05, 0.1) is 6.21 Å². The van der Waals surface area contributed by atoms with Gasteiger partial charge in [-0.3, -0.25) is 4.79 Å². The molecule has 1 amide bonds. The summed E-state index contributed by atoms with van der Waals surface area (Å²) in [7, 11) is 0. The fourth-order valence-corrected chi connectivity index (χ4v) is 3.69. The maximum absolute atomic E-state index is 12.3. The van der Waals surface area contributed by atoms with Gasteiger partial charge in [0.25, 0.3) is 5.91 Å². The number of esters is 1. The second-order valence-corrected chi connectivity index (χ2v) is 9.09. The van der Waals surface area contributed by atoms with Crippen molar-refractivity contribution in [2.24, 2.45) is 5.10 Å². The van der Waals surface area contributed by atoms with E-state index in [0.717, 1.165) is 15.6 Å². The molecular weight excluding hydrogens is 560 g/mol. The SMILES string of the molecule is O=C(COc1ccc(OCc2ccccc2)cc1)N/N=C\c1cc(Br)ccc1OC(=O)/C=C/c1ccccc1. The van der Waals surface area contributed by atoms with E-state index < -0.39 is 11.9 Å². The van der Waals surface area contributed by atoms with Crippen LogP contribution in [0.4, 0.5) is 0 Å². The Labute approximate surface area is 234 Å². The van der Waals surface area contributed by atoms with E-state index in [1.807, 2.05) is 60.7 Å². The minimum Gasteiger partial charge on any atom is -0.489 e. The third kappa shape index (κ3) is 9.28. The summed E-state index contributed by atoms with van der Waals surface area (Å²) in [6.07, 6.45) is 4.41. The zero-order valence-corrected chi connectivity index (χ0v) is 22.4. The Bertz CT molecular complexity index is 1440. The Balaban J connectivity index is 1.25. The van der Waals surface area contributed by atoms with Crippen LogP contribution in [0.25, 0.3) is 6.08 Å². The summed E-state index contributed by atoms with van der Waals surface area (Å²) in [6, 6.07) is 31.4. The van der Waals surface area contributed by atoms with Crippen molar-refractivity contribution in [3.8, 4) is 17.2 Å². The molecule has 0 aliphatic heterocycles. The normalized spacial score (nSPS) is 10.9. The van der Waals surface area contributed by atoms with Gasteiger partial charge in [-0.05, 0) is 59.7 Å². The number of rotatable bonds is 11. The van der Waals surface area contributed by atoms with Gasteiger partial charge < -0.3 is 14.2 Å².